The van der Waals surface area contributed by atoms with E-state index in [1.165, 1.54) is 0 Å². The average molecular weight is 290 g/mol. The first-order chi connectivity index (χ1) is 8.90. The normalized spacial score (nSPS) is 22.6. The van der Waals surface area contributed by atoms with Gasteiger partial charge in [0.1, 0.15) is 0 Å². The lowest BCUT2D eigenvalue weighted by Gasteiger charge is -2.31. The van der Waals surface area contributed by atoms with Gasteiger partial charge in [0.2, 0.25) is 0 Å². The molecule has 2 unspecified atom stereocenters. The van der Waals surface area contributed by atoms with E-state index in [-0.39, 0.29) is 18.6 Å². The lowest BCUT2D eigenvalue weighted by Crippen LogP contribution is -2.49. The second-order valence-corrected chi connectivity index (χ2v) is 6.59. The second-order valence-electron chi connectivity index (χ2n) is 5.04. The highest BCUT2D eigenvalue weighted by Crippen LogP contribution is 2.16. The molecule has 0 bridgehead atoms. The van der Waals surface area contributed by atoms with Gasteiger partial charge in [-0.2, -0.15) is 0 Å². The molecule has 2 N–H and O–H groups in total. The van der Waals surface area contributed by atoms with E-state index in [0.717, 1.165) is 6.42 Å². The minimum atomic E-state index is -0.860. The van der Waals surface area contributed by atoms with E-state index in [1.54, 1.807) is 11.2 Å². The Balaban J connectivity index is 2.40. The van der Waals surface area contributed by atoms with E-state index >= 15 is 0 Å². The SMILES string of the molecule is CC(CCS(C)=O)NC(=O)N1CCC[C@@H](C(=O)O)C1. The van der Waals surface area contributed by atoms with Gasteiger partial charge in [-0.05, 0) is 26.2 Å². The van der Waals surface area contributed by atoms with Gasteiger partial charge in [-0.25, -0.2) is 4.79 Å². The maximum atomic E-state index is 12.0. The topological polar surface area (TPSA) is 86.7 Å². The van der Waals surface area contributed by atoms with E-state index < -0.39 is 22.7 Å². The van der Waals surface area contributed by atoms with Crippen molar-refractivity contribution >= 4 is 22.8 Å². The number of urea groups is 1. The fourth-order valence-electron chi connectivity index (χ4n) is 2.08. The summed E-state index contributed by atoms with van der Waals surface area (Å²) in [7, 11) is -0.860. The minimum absolute atomic E-state index is 0.0541. The van der Waals surface area contributed by atoms with Crippen molar-refractivity contribution in [2.75, 3.05) is 25.1 Å². The molecule has 6 nitrogen and oxygen atoms in total. The first-order valence-electron chi connectivity index (χ1n) is 6.48. The molecule has 1 aliphatic rings. The summed E-state index contributed by atoms with van der Waals surface area (Å²) in [4.78, 5) is 24.5. The number of carboxylic acid groups (broad SMARTS) is 1. The average Bonchev–Trinajstić information content (AvgIpc) is 2.36. The van der Waals surface area contributed by atoms with Crippen LogP contribution in [0, 0.1) is 5.92 Å². The summed E-state index contributed by atoms with van der Waals surface area (Å²) < 4.78 is 11.0. The van der Waals surface area contributed by atoms with Crippen LogP contribution in [0.1, 0.15) is 26.2 Å². The van der Waals surface area contributed by atoms with Crippen molar-refractivity contribution in [3.05, 3.63) is 0 Å². The molecular weight excluding hydrogens is 268 g/mol. The highest BCUT2D eigenvalue weighted by molar-refractivity contribution is 7.84. The molecule has 1 heterocycles. The Labute approximate surface area is 116 Å². The van der Waals surface area contributed by atoms with Crippen LogP contribution in [-0.4, -0.2) is 57.4 Å². The van der Waals surface area contributed by atoms with Crippen LogP contribution in [0.15, 0.2) is 0 Å². The van der Waals surface area contributed by atoms with Gasteiger partial charge in [0.25, 0.3) is 0 Å². The standard InChI is InChI=1S/C12H22N2O4S/c1-9(5-7-19(2)18)13-12(17)14-6-3-4-10(8-14)11(15)16/h9-10H,3-8H2,1-2H3,(H,13,17)(H,15,16)/t9?,10-,19?/m1/s1. The van der Waals surface area contributed by atoms with E-state index in [0.29, 0.717) is 25.1 Å². The Morgan fingerprint density at radius 2 is 2.21 bits per heavy atom. The molecule has 1 aliphatic heterocycles. The van der Waals surface area contributed by atoms with Crippen molar-refractivity contribution < 1.29 is 18.9 Å². The zero-order chi connectivity index (χ0) is 14.4. The molecule has 0 aromatic carbocycles. The number of carbonyl (C=O) groups excluding carboxylic acids is 1. The van der Waals surface area contributed by atoms with Gasteiger partial charge in [0.05, 0.1) is 5.92 Å². The molecule has 0 saturated carbocycles. The molecule has 1 rings (SSSR count). The number of hydrogen-bond donors (Lipinski definition) is 2. The number of nitrogens with one attached hydrogen (secondary N) is 1. The Hall–Kier alpha value is -1.11. The molecular formula is C12H22N2O4S. The second kappa shape index (κ2) is 7.47. The third-order valence-corrected chi connectivity index (χ3v) is 4.08. The van der Waals surface area contributed by atoms with Crippen LogP contribution in [0.25, 0.3) is 0 Å². The maximum absolute atomic E-state index is 12.0. The molecule has 0 aromatic rings. The highest BCUT2D eigenvalue weighted by Gasteiger charge is 2.28. The smallest absolute Gasteiger partial charge is 0.317 e. The van der Waals surface area contributed by atoms with E-state index in [9.17, 15) is 13.8 Å². The molecule has 1 fully saturated rings. The van der Waals surface area contributed by atoms with Crippen LogP contribution >= 0.6 is 0 Å². The van der Waals surface area contributed by atoms with E-state index in [2.05, 4.69) is 5.32 Å². The monoisotopic (exact) mass is 290 g/mol. The minimum Gasteiger partial charge on any atom is -0.481 e. The van der Waals surface area contributed by atoms with Gasteiger partial charge in [0, 0.05) is 41.9 Å². The molecule has 1 saturated heterocycles. The Bertz CT molecular complexity index is 362. The van der Waals surface area contributed by atoms with Crippen molar-refractivity contribution in [1.29, 1.82) is 0 Å². The van der Waals surface area contributed by atoms with Gasteiger partial charge in [0.15, 0.2) is 0 Å². The van der Waals surface area contributed by atoms with Crippen molar-refractivity contribution in [3.8, 4) is 0 Å². The third kappa shape index (κ3) is 5.59. The highest BCUT2D eigenvalue weighted by atomic mass is 32.2. The Kier molecular flexibility index (Phi) is 6.27. The zero-order valence-corrected chi connectivity index (χ0v) is 12.2. The number of amides is 2. The van der Waals surface area contributed by atoms with Crippen LogP contribution in [0.4, 0.5) is 4.79 Å². The molecule has 0 radical (unpaired) electrons. The molecule has 2 amide bonds. The lowest BCUT2D eigenvalue weighted by molar-refractivity contribution is -0.143. The summed E-state index contributed by atoms with van der Waals surface area (Å²) >= 11 is 0. The fourth-order valence-corrected chi connectivity index (χ4v) is 2.77. The van der Waals surface area contributed by atoms with Crippen LogP contribution < -0.4 is 5.32 Å². The largest absolute Gasteiger partial charge is 0.481 e. The maximum Gasteiger partial charge on any atom is 0.317 e. The summed E-state index contributed by atoms with van der Waals surface area (Å²) in [6, 6.07) is -0.276. The molecule has 3 atom stereocenters. The zero-order valence-electron chi connectivity index (χ0n) is 11.4. The Morgan fingerprint density at radius 1 is 1.53 bits per heavy atom. The predicted octanol–water partition coefficient (Wildman–Crippen LogP) is 0.650. The molecule has 0 spiro atoms. The molecule has 110 valence electrons. The van der Waals surface area contributed by atoms with Gasteiger partial charge in [-0.3, -0.25) is 9.00 Å². The van der Waals surface area contributed by atoms with Crippen LogP contribution in [0.5, 0.6) is 0 Å². The summed E-state index contributed by atoms with van der Waals surface area (Å²) in [6.45, 7) is 2.74. The van der Waals surface area contributed by atoms with Crippen molar-refractivity contribution in [2.24, 2.45) is 5.92 Å². The summed E-state index contributed by atoms with van der Waals surface area (Å²) in [5.41, 5.74) is 0. The van der Waals surface area contributed by atoms with Crippen molar-refractivity contribution in [3.63, 3.8) is 0 Å². The number of aliphatic carboxylic acids is 1. The number of carboxylic acids is 1. The first kappa shape index (κ1) is 15.9. The summed E-state index contributed by atoms with van der Waals surface area (Å²) in [5.74, 6) is -0.746. The molecule has 7 heteroatoms. The molecule has 0 aliphatic carbocycles. The number of piperidine rings is 1. The summed E-state index contributed by atoms with van der Waals surface area (Å²) in [5, 5.41) is 11.8. The fraction of sp³-hybridized carbons (Fsp3) is 0.833. The molecule has 19 heavy (non-hydrogen) atoms. The van der Waals surface area contributed by atoms with Crippen LogP contribution in [0.2, 0.25) is 0 Å². The molecule has 0 aromatic heterocycles. The quantitative estimate of drug-likeness (QED) is 0.778. The first-order valence-corrected chi connectivity index (χ1v) is 8.21. The number of likely N-dealkylation sites (tertiary alicyclic amines) is 1. The number of carbonyl (C=O) groups is 2. The van der Waals surface area contributed by atoms with Crippen molar-refractivity contribution in [2.45, 2.75) is 32.2 Å². The van der Waals surface area contributed by atoms with Gasteiger partial charge in [-0.1, -0.05) is 0 Å². The number of hydrogen-bond acceptors (Lipinski definition) is 3. The predicted molar refractivity (Wildman–Crippen MR) is 73.5 cm³/mol. The lowest BCUT2D eigenvalue weighted by atomic mass is 9.99. The van der Waals surface area contributed by atoms with Crippen LogP contribution in [0.3, 0.4) is 0 Å². The number of nitrogens with zero attached hydrogens (tertiary/aromatic N) is 1. The van der Waals surface area contributed by atoms with Gasteiger partial charge >= 0.3 is 12.0 Å². The summed E-state index contributed by atoms with van der Waals surface area (Å²) in [6.07, 6.45) is 3.64. The van der Waals surface area contributed by atoms with Crippen molar-refractivity contribution in [1.82, 2.24) is 10.2 Å². The van der Waals surface area contributed by atoms with Gasteiger partial charge in [-0.15, -0.1) is 0 Å². The van der Waals surface area contributed by atoms with E-state index in [1.807, 2.05) is 6.92 Å². The van der Waals surface area contributed by atoms with E-state index in [4.69, 9.17) is 5.11 Å². The third-order valence-electron chi connectivity index (χ3n) is 3.27. The van der Waals surface area contributed by atoms with Gasteiger partial charge < -0.3 is 15.3 Å². The van der Waals surface area contributed by atoms with Crippen LogP contribution in [-0.2, 0) is 15.6 Å². The Morgan fingerprint density at radius 3 is 2.79 bits per heavy atom. The number of rotatable bonds is 5.